The van der Waals surface area contributed by atoms with E-state index in [1.807, 2.05) is 24.3 Å². The Hall–Kier alpha value is -2.30. The Morgan fingerprint density at radius 3 is 2.56 bits per heavy atom. The number of aromatic amines is 1. The summed E-state index contributed by atoms with van der Waals surface area (Å²) >= 11 is 0. The average molecular weight is 370 g/mol. The molecule has 1 saturated carbocycles. The molecule has 3 rings (SSSR count). The highest BCUT2D eigenvalue weighted by atomic mass is 16.5. The van der Waals surface area contributed by atoms with Gasteiger partial charge in [-0.25, -0.2) is 0 Å². The Bertz CT molecular complexity index is 701. The van der Waals surface area contributed by atoms with Crippen LogP contribution in [0.5, 0.6) is 5.75 Å². The van der Waals surface area contributed by atoms with Crippen LogP contribution in [0.15, 0.2) is 30.5 Å². The van der Waals surface area contributed by atoms with Gasteiger partial charge < -0.3 is 10.1 Å². The van der Waals surface area contributed by atoms with Crippen molar-refractivity contribution >= 4 is 5.91 Å². The number of nitrogens with zero attached hydrogens (tertiary/aromatic N) is 1. The quantitative estimate of drug-likeness (QED) is 0.667. The van der Waals surface area contributed by atoms with Crippen molar-refractivity contribution in [3.63, 3.8) is 0 Å². The highest BCUT2D eigenvalue weighted by molar-refractivity contribution is 5.99. The third-order valence-electron chi connectivity index (χ3n) is 5.23. The number of amides is 1. The molecule has 0 aliphatic heterocycles. The number of aromatic nitrogens is 2. The maximum absolute atomic E-state index is 12.8. The molecule has 0 bridgehead atoms. The molecule has 1 aromatic carbocycles. The van der Waals surface area contributed by atoms with E-state index in [2.05, 4.69) is 22.4 Å². The van der Waals surface area contributed by atoms with Gasteiger partial charge in [-0.3, -0.25) is 9.89 Å². The normalized spacial score (nSPS) is 15.7. The van der Waals surface area contributed by atoms with Crippen LogP contribution in [-0.2, 0) is 0 Å². The van der Waals surface area contributed by atoms with Crippen LogP contribution in [0.3, 0.4) is 0 Å². The van der Waals surface area contributed by atoms with Crippen molar-refractivity contribution in [3.05, 3.63) is 36.0 Å². The van der Waals surface area contributed by atoms with Gasteiger partial charge >= 0.3 is 0 Å². The van der Waals surface area contributed by atoms with Gasteiger partial charge in [0.1, 0.15) is 5.75 Å². The number of carbonyl (C=O) groups excluding carboxylic acids is 1. The minimum absolute atomic E-state index is 0.0346. The van der Waals surface area contributed by atoms with Crippen molar-refractivity contribution in [1.29, 1.82) is 0 Å². The molecule has 146 valence electrons. The van der Waals surface area contributed by atoms with E-state index in [0.29, 0.717) is 5.56 Å². The van der Waals surface area contributed by atoms with Crippen molar-refractivity contribution < 1.29 is 9.53 Å². The predicted octanol–water partition coefficient (Wildman–Crippen LogP) is 5.10. The SMILES string of the molecule is CCCCOc1ccc(-c2[nH]ncc2C(=O)NC2CCCCCCC2)cc1. The largest absolute Gasteiger partial charge is 0.494 e. The minimum atomic E-state index is -0.0346. The first-order valence-corrected chi connectivity index (χ1v) is 10.4. The Labute approximate surface area is 161 Å². The van der Waals surface area contributed by atoms with Crippen LogP contribution >= 0.6 is 0 Å². The summed E-state index contributed by atoms with van der Waals surface area (Å²) in [7, 11) is 0. The predicted molar refractivity (Wildman–Crippen MR) is 108 cm³/mol. The summed E-state index contributed by atoms with van der Waals surface area (Å²) < 4.78 is 5.71. The molecule has 1 amide bonds. The van der Waals surface area contributed by atoms with Gasteiger partial charge in [0.15, 0.2) is 0 Å². The second kappa shape index (κ2) is 10.1. The number of H-pyrrole nitrogens is 1. The number of benzene rings is 1. The molecule has 2 aromatic rings. The number of carbonyl (C=O) groups is 1. The monoisotopic (exact) mass is 369 g/mol. The molecular weight excluding hydrogens is 338 g/mol. The number of unbranched alkanes of at least 4 members (excludes halogenated alkanes) is 1. The van der Waals surface area contributed by atoms with E-state index in [1.54, 1.807) is 6.20 Å². The van der Waals surface area contributed by atoms with Gasteiger partial charge in [0.2, 0.25) is 0 Å². The molecule has 1 aliphatic rings. The van der Waals surface area contributed by atoms with Crippen LogP contribution in [0.4, 0.5) is 0 Å². The van der Waals surface area contributed by atoms with Gasteiger partial charge in [0.25, 0.3) is 5.91 Å². The Morgan fingerprint density at radius 2 is 1.85 bits per heavy atom. The lowest BCUT2D eigenvalue weighted by Crippen LogP contribution is -2.35. The number of ether oxygens (including phenoxy) is 1. The van der Waals surface area contributed by atoms with Crippen molar-refractivity contribution in [3.8, 4) is 17.0 Å². The summed E-state index contributed by atoms with van der Waals surface area (Å²) in [6.07, 6.45) is 12.2. The van der Waals surface area contributed by atoms with Crippen molar-refractivity contribution in [2.75, 3.05) is 6.61 Å². The van der Waals surface area contributed by atoms with Gasteiger partial charge in [-0.15, -0.1) is 0 Å². The molecule has 5 nitrogen and oxygen atoms in total. The van der Waals surface area contributed by atoms with Gasteiger partial charge in [0.05, 0.1) is 24.1 Å². The van der Waals surface area contributed by atoms with Crippen LogP contribution < -0.4 is 10.1 Å². The van der Waals surface area contributed by atoms with Crippen LogP contribution in [0.1, 0.15) is 75.1 Å². The lowest BCUT2D eigenvalue weighted by molar-refractivity contribution is 0.0931. The third kappa shape index (κ3) is 5.59. The van der Waals surface area contributed by atoms with E-state index in [1.165, 1.54) is 32.1 Å². The highest BCUT2D eigenvalue weighted by Crippen LogP contribution is 2.25. The molecule has 0 atom stereocenters. The minimum Gasteiger partial charge on any atom is -0.494 e. The molecule has 0 unspecified atom stereocenters. The fourth-order valence-electron chi connectivity index (χ4n) is 3.59. The maximum atomic E-state index is 12.8. The van der Waals surface area contributed by atoms with Crippen LogP contribution in [-0.4, -0.2) is 28.8 Å². The fourth-order valence-corrected chi connectivity index (χ4v) is 3.59. The molecule has 5 heteroatoms. The smallest absolute Gasteiger partial charge is 0.255 e. The van der Waals surface area contributed by atoms with E-state index >= 15 is 0 Å². The number of nitrogens with one attached hydrogen (secondary N) is 2. The standard InChI is InChI=1S/C22H31N3O2/c1-2-3-15-27-19-13-11-17(12-14-19)21-20(16-23-25-21)22(26)24-18-9-7-5-4-6-8-10-18/h11-14,16,18H,2-10,15H2,1H3,(H,23,25)(H,24,26). The first-order chi connectivity index (χ1) is 13.3. The molecule has 2 N–H and O–H groups in total. The number of rotatable bonds is 7. The van der Waals surface area contributed by atoms with Crippen LogP contribution in [0.2, 0.25) is 0 Å². The molecule has 27 heavy (non-hydrogen) atoms. The molecule has 1 aromatic heterocycles. The number of hydrogen-bond acceptors (Lipinski definition) is 3. The van der Waals surface area contributed by atoms with E-state index in [4.69, 9.17) is 4.74 Å². The first-order valence-electron chi connectivity index (χ1n) is 10.4. The molecule has 1 aliphatic carbocycles. The molecule has 1 heterocycles. The zero-order chi connectivity index (χ0) is 18.9. The zero-order valence-electron chi connectivity index (χ0n) is 16.3. The summed E-state index contributed by atoms with van der Waals surface area (Å²) in [5.41, 5.74) is 2.31. The molecule has 1 fully saturated rings. The van der Waals surface area contributed by atoms with Crippen molar-refractivity contribution in [1.82, 2.24) is 15.5 Å². The lowest BCUT2D eigenvalue weighted by atomic mass is 9.96. The number of hydrogen-bond donors (Lipinski definition) is 2. The summed E-state index contributed by atoms with van der Waals surface area (Å²) in [5.74, 6) is 0.819. The van der Waals surface area contributed by atoms with Crippen LogP contribution in [0, 0.1) is 0 Å². The average Bonchev–Trinajstić information content (AvgIpc) is 3.14. The zero-order valence-corrected chi connectivity index (χ0v) is 16.3. The molecule has 0 saturated heterocycles. The van der Waals surface area contributed by atoms with Gasteiger partial charge in [-0.2, -0.15) is 5.10 Å². The molecule has 0 radical (unpaired) electrons. The maximum Gasteiger partial charge on any atom is 0.255 e. The van der Waals surface area contributed by atoms with E-state index in [-0.39, 0.29) is 11.9 Å². The second-order valence-electron chi connectivity index (χ2n) is 7.40. The summed E-state index contributed by atoms with van der Waals surface area (Å²) in [4.78, 5) is 12.8. The fraction of sp³-hybridized carbons (Fsp3) is 0.545. The van der Waals surface area contributed by atoms with E-state index < -0.39 is 0 Å². The summed E-state index contributed by atoms with van der Waals surface area (Å²) in [6, 6.07) is 8.11. The van der Waals surface area contributed by atoms with Crippen LogP contribution in [0.25, 0.3) is 11.3 Å². The van der Waals surface area contributed by atoms with E-state index in [9.17, 15) is 4.79 Å². The van der Waals surface area contributed by atoms with E-state index in [0.717, 1.165) is 49.3 Å². The first kappa shape index (κ1) is 19.5. The molecular formula is C22H31N3O2. The Kier molecular flexibility index (Phi) is 7.31. The lowest BCUT2D eigenvalue weighted by Gasteiger charge is -2.21. The third-order valence-corrected chi connectivity index (χ3v) is 5.23. The molecule has 0 spiro atoms. The van der Waals surface area contributed by atoms with Gasteiger partial charge in [-0.1, -0.05) is 45.4 Å². The Morgan fingerprint density at radius 1 is 1.15 bits per heavy atom. The Balaban J connectivity index is 1.64. The van der Waals surface area contributed by atoms with Crippen molar-refractivity contribution in [2.45, 2.75) is 70.8 Å². The summed E-state index contributed by atoms with van der Waals surface area (Å²) in [6.45, 7) is 2.88. The van der Waals surface area contributed by atoms with Crippen molar-refractivity contribution in [2.24, 2.45) is 0 Å². The van der Waals surface area contributed by atoms with Gasteiger partial charge in [-0.05, 0) is 43.5 Å². The summed E-state index contributed by atoms with van der Waals surface area (Å²) in [5, 5.41) is 10.3. The van der Waals surface area contributed by atoms with Gasteiger partial charge in [0, 0.05) is 11.6 Å². The topological polar surface area (TPSA) is 67.0 Å². The second-order valence-corrected chi connectivity index (χ2v) is 7.40. The highest BCUT2D eigenvalue weighted by Gasteiger charge is 2.19.